The van der Waals surface area contributed by atoms with E-state index >= 15 is 0 Å². The second-order valence-corrected chi connectivity index (χ2v) is 9.90. The van der Waals surface area contributed by atoms with Crippen molar-refractivity contribution in [2.75, 3.05) is 30.9 Å². The molecule has 3 amide bonds. The van der Waals surface area contributed by atoms with Crippen LogP contribution in [0.15, 0.2) is 83.8 Å². The Labute approximate surface area is 213 Å². The van der Waals surface area contributed by atoms with Crippen LogP contribution in [0, 0.1) is 0 Å². The summed E-state index contributed by atoms with van der Waals surface area (Å²) in [5, 5.41) is 5.10. The molecule has 0 unspecified atom stereocenters. The first-order valence-electron chi connectivity index (χ1n) is 11.4. The zero-order valence-electron chi connectivity index (χ0n) is 19.6. The van der Waals surface area contributed by atoms with E-state index in [4.69, 9.17) is 0 Å². The number of ketones is 1. The number of benzene rings is 3. The first kappa shape index (κ1) is 25.6. The predicted molar refractivity (Wildman–Crippen MR) is 135 cm³/mol. The third-order valence-electron chi connectivity index (χ3n) is 5.67. The minimum Gasteiger partial charge on any atom is -0.353 e. The highest BCUT2D eigenvalue weighted by Crippen LogP contribution is 2.23. The predicted octanol–water partition coefficient (Wildman–Crippen LogP) is 1.41. The molecule has 0 aromatic heterocycles. The van der Waals surface area contributed by atoms with Gasteiger partial charge in [0.1, 0.15) is 0 Å². The largest absolute Gasteiger partial charge is 0.353 e. The van der Waals surface area contributed by atoms with Crippen molar-refractivity contribution in [3.63, 3.8) is 0 Å². The minimum atomic E-state index is -4.07. The van der Waals surface area contributed by atoms with Gasteiger partial charge in [0.25, 0.3) is 15.9 Å². The minimum absolute atomic E-state index is 0.0612. The second-order valence-electron chi connectivity index (χ2n) is 8.22. The van der Waals surface area contributed by atoms with Crippen LogP contribution < -0.4 is 15.4 Å². The summed E-state index contributed by atoms with van der Waals surface area (Å²) in [6.45, 7) is 0.363. The molecule has 1 aliphatic rings. The fourth-order valence-electron chi connectivity index (χ4n) is 3.73. The van der Waals surface area contributed by atoms with Gasteiger partial charge in [0, 0.05) is 29.8 Å². The molecule has 0 saturated carbocycles. The quantitative estimate of drug-likeness (QED) is 0.384. The smallest absolute Gasteiger partial charge is 0.261 e. The number of hydrogen-bond acceptors (Lipinski definition) is 6. The molecular weight excluding hydrogens is 496 g/mol. The van der Waals surface area contributed by atoms with Crippen molar-refractivity contribution >= 4 is 39.2 Å². The van der Waals surface area contributed by atoms with Crippen LogP contribution in [0.25, 0.3) is 0 Å². The lowest BCUT2D eigenvalue weighted by molar-refractivity contribution is -0.137. The van der Waals surface area contributed by atoms with Crippen molar-refractivity contribution in [2.45, 2.75) is 4.90 Å². The fourth-order valence-corrected chi connectivity index (χ4v) is 4.81. The van der Waals surface area contributed by atoms with Crippen LogP contribution in [-0.4, -0.2) is 63.0 Å². The maximum atomic E-state index is 13.0. The van der Waals surface area contributed by atoms with Crippen molar-refractivity contribution < 1.29 is 27.6 Å². The summed E-state index contributed by atoms with van der Waals surface area (Å²) in [7, 11) is -4.07. The fraction of sp³-hybridized carbons (Fsp3) is 0.154. The Hall–Kier alpha value is -4.51. The van der Waals surface area contributed by atoms with Crippen LogP contribution in [0.3, 0.4) is 0 Å². The van der Waals surface area contributed by atoms with Gasteiger partial charge in [-0.05, 0) is 36.4 Å². The van der Waals surface area contributed by atoms with Gasteiger partial charge in [-0.3, -0.25) is 23.9 Å². The van der Waals surface area contributed by atoms with Crippen molar-refractivity contribution in [2.24, 2.45) is 0 Å². The van der Waals surface area contributed by atoms with Gasteiger partial charge in [0.15, 0.2) is 5.78 Å². The number of hydrogen-bond donors (Lipinski definition) is 3. The van der Waals surface area contributed by atoms with Crippen molar-refractivity contribution in [3.8, 4) is 0 Å². The Bertz CT molecular complexity index is 1440. The van der Waals surface area contributed by atoms with Crippen LogP contribution in [0.1, 0.15) is 26.3 Å². The van der Waals surface area contributed by atoms with E-state index in [0.29, 0.717) is 18.7 Å². The summed E-state index contributed by atoms with van der Waals surface area (Å²) in [6.07, 6.45) is 0. The van der Waals surface area contributed by atoms with Crippen LogP contribution in [0.4, 0.5) is 5.69 Å². The highest BCUT2D eigenvalue weighted by Gasteiger charge is 2.22. The molecule has 3 N–H and O–H groups in total. The number of nitrogens with one attached hydrogen (secondary N) is 3. The molecular formula is C26H24N4O6S. The van der Waals surface area contributed by atoms with E-state index in [-0.39, 0.29) is 46.5 Å². The van der Waals surface area contributed by atoms with Gasteiger partial charge < -0.3 is 15.5 Å². The van der Waals surface area contributed by atoms with Gasteiger partial charge in [-0.1, -0.05) is 42.5 Å². The summed E-state index contributed by atoms with van der Waals surface area (Å²) in [6, 6.07) is 20.0. The molecule has 37 heavy (non-hydrogen) atoms. The Morgan fingerprint density at radius 1 is 0.865 bits per heavy atom. The van der Waals surface area contributed by atoms with Crippen LogP contribution in [0.2, 0.25) is 0 Å². The van der Waals surface area contributed by atoms with E-state index in [9.17, 15) is 27.6 Å². The molecule has 190 valence electrons. The molecule has 3 aromatic carbocycles. The Kier molecular flexibility index (Phi) is 7.63. The first-order chi connectivity index (χ1) is 17.7. The molecule has 4 rings (SSSR count). The molecule has 1 fully saturated rings. The number of para-hydroxylation sites is 1. The molecule has 3 aromatic rings. The SMILES string of the molecule is O=C1CN(C(=O)CNC(=O)c2ccc(S(=O)(=O)Nc3ccccc3C(=O)c3ccccc3)cc2)CCN1. The summed E-state index contributed by atoms with van der Waals surface area (Å²) in [5.41, 5.74) is 0.904. The monoisotopic (exact) mass is 520 g/mol. The van der Waals surface area contributed by atoms with Crippen LogP contribution in [-0.2, 0) is 19.6 Å². The lowest BCUT2D eigenvalue weighted by Gasteiger charge is -2.26. The summed E-state index contributed by atoms with van der Waals surface area (Å²) in [5.74, 6) is -1.55. The summed E-state index contributed by atoms with van der Waals surface area (Å²) >= 11 is 0. The van der Waals surface area contributed by atoms with Crippen LogP contribution >= 0.6 is 0 Å². The highest BCUT2D eigenvalue weighted by molar-refractivity contribution is 7.92. The van der Waals surface area contributed by atoms with Crippen molar-refractivity contribution in [1.82, 2.24) is 15.5 Å². The zero-order chi connectivity index (χ0) is 26.4. The summed E-state index contributed by atoms with van der Waals surface area (Å²) < 4.78 is 28.5. The lowest BCUT2D eigenvalue weighted by atomic mass is 10.0. The Balaban J connectivity index is 1.42. The molecule has 10 nitrogen and oxygen atoms in total. The highest BCUT2D eigenvalue weighted by atomic mass is 32.2. The zero-order valence-corrected chi connectivity index (χ0v) is 20.5. The number of carbonyl (C=O) groups excluding carboxylic acids is 4. The Morgan fingerprint density at radius 2 is 1.54 bits per heavy atom. The molecule has 0 spiro atoms. The number of piperazine rings is 1. The van der Waals surface area contributed by atoms with Crippen LogP contribution in [0.5, 0.6) is 0 Å². The van der Waals surface area contributed by atoms with Gasteiger partial charge in [0.2, 0.25) is 11.8 Å². The van der Waals surface area contributed by atoms with Gasteiger partial charge in [0.05, 0.1) is 23.7 Å². The van der Waals surface area contributed by atoms with E-state index in [1.165, 1.54) is 41.3 Å². The first-order valence-corrected chi connectivity index (χ1v) is 12.9. The standard InChI is InChI=1S/C26H24N4O6S/c31-23-17-30(15-14-27-23)24(32)16-28-26(34)19-10-12-20(13-11-19)37(35,36)29-22-9-5-4-8-21(22)25(33)18-6-2-1-3-7-18/h1-13,29H,14-17H2,(H,27,31)(H,28,34). The number of rotatable bonds is 8. The van der Waals surface area contributed by atoms with Crippen molar-refractivity contribution in [3.05, 3.63) is 95.6 Å². The van der Waals surface area contributed by atoms with Gasteiger partial charge in [-0.25, -0.2) is 8.42 Å². The molecule has 0 radical (unpaired) electrons. The number of carbonyl (C=O) groups is 4. The molecule has 0 aliphatic carbocycles. The average molecular weight is 521 g/mol. The van der Waals surface area contributed by atoms with Crippen molar-refractivity contribution in [1.29, 1.82) is 0 Å². The number of anilines is 1. The van der Waals surface area contributed by atoms with Gasteiger partial charge in [-0.15, -0.1) is 0 Å². The van der Waals surface area contributed by atoms with E-state index in [1.807, 2.05) is 0 Å². The molecule has 1 saturated heterocycles. The molecule has 1 aliphatic heterocycles. The molecule has 0 atom stereocenters. The third-order valence-corrected chi connectivity index (χ3v) is 7.05. The van der Waals surface area contributed by atoms with E-state index in [2.05, 4.69) is 15.4 Å². The number of nitrogens with zero attached hydrogens (tertiary/aromatic N) is 1. The van der Waals surface area contributed by atoms with E-state index in [0.717, 1.165) is 0 Å². The lowest BCUT2D eigenvalue weighted by Crippen LogP contribution is -2.52. The second kappa shape index (κ2) is 11.0. The molecule has 11 heteroatoms. The Morgan fingerprint density at radius 3 is 2.24 bits per heavy atom. The normalized spacial score (nSPS) is 13.4. The number of amides is 3. The molecule has 1 heterocycles. The topological polar surface area (TPSA) is 142 Å². The van der Waals surface area contributed by atoms with E-state index in [1.54, 1.807) is 42.5 Å². The van der Waals surface area contributed by atoms with Gasteiger partial charge in [-0.2, -0.15) is 0 Å². The number of sulfonamides is 1. The van der Waals surface area contributed by atoms with Gasteiger partial charge >= 0.3 is 0 Å². The maximum Gasteiger partial charge on any atom is 0.261 e. The molecule has 0 bridgehead atoms. The summed E-state index contributed by atoms with van der Waals surface area (Å²) in [4.78, 5) is 50.2. The maximum absolute atomic E-state index is 13.0. The van der Waals surface area contributed by atoms with E-state index < -0.39 is 21.8 Å². The third kappa shape index (κ3) is 6.19. The average Bonchev–Trinajstić information content (AvgIpc) is 2.92.